The molecule has 0 aliphatic carbocycles. The fourth-order valence-electron chi connectivity index (χ4n) is 3.35. The summed E-state index contributed by atoms with van der Waals surface area (Å²) in [4.78, 5) is 31.6. The second-order valence-electron chi connectivity index (χ2n) is 7.27. The number of anilines is 1. The minimum absolute atomic E-state index is 0.134. The zero-order valence-electron chi connectivity index (χ0n) is 18.3. The summed E-state index contributed by atoms with van der Waals surface area (Å²) in [6, 6.07) is 16.9. The molecule has 0 fully saturated rings. The summed E-state index contributed by atoms with van der Waals surface area (Å²) >= 11 is 2.68. The third kappa shape index (κ3) is 4.86. The van der Waals surface area contributed by atoms with Crippen LogP contribution in [0.4, 0.5) is 5.69 Å². The van der Waals surface area contributed by atoms with E-state index >= 15 is 0 Å². The molecule has 1 unspecified atom stereocenters. The van der Waals surface area contributed by atoms with E-state index in [2.05, 4.69) is 11.9 Å². The lowest BCUT2D eigenvalue weighted by Gasteiger charge is -2.15. The number of fused-ring (bicyclic) bond motifs is 1. The van der Waals surface area contributed by atoms with Crippen molar-refractivity contribution in [3.8, 4) is 16.9 Å². The van der Waals surface area contributed by atoms with Crippen LogP contribution in [-0.4, -0.2) is 27.8 Å². The second kappa shape index (κ2) is 10.1. The fraction of sp³-hybridized carbons (Fsp3) is 0.160. The van der Waals surface area contributed by atoms with Crippen LogP contribution in [0, 0.1) is 0 Å². The van der Waals surface area contributed by atoms with Gasteiger partial charge in [-0.05, 0) is 36.8 Å². The number of amides is 1. The van der Waals surface area contributed by atoms with Crippen molar-refractivity contribution < 1.29 is 9.53 Å². The lowest BCUT2D eigenvalue weighted by Crippen LogP contribution is -2.26. The summed E-state index contributed by atoms with van der Waals surface area (Å²) in [6.07, 6.45) is 1.66. The van der Waals surface area contributed by atoms with Crippen molar-refractivity contribution in [3.63, 3.8) is 0 Å². The van der Waals surface area contributed by atoms with Crippen molar-refractivity contribution >= 4 is 44.9 Å². The van der Waals surface area contributed by atoms with Gasteiger partial charge in [0, 0.05) is 23.2 Å². The predicted octanol–water partition coefficient (Wildman–Crippen LogP) is 5.44. The highest BCUT2D eigenvalue weighted by Crippen LogP contribution is 2.33. The van der Waals surface area contributed by atoms with Crippen molar-refractivity contribution in [2.75, 3.05) is 12.4 Å². The summed E-state index contributed by atoms with van der Waals surface area (Å²) in [5, 5.41) is 5.46. The van der Waals surface area contributed by atoms with Gasteiger partial charge >= 0.3 is 0 Å². The molecular formula is C25H23N3O3S2. The molecule has 1 amide bonds. The number of nitrogens with zero attached hydrogens (tertiary/aromatic N) is 2. The molecule has 2 aromatic carbocycles. The standard InChI is InChI=1S/C25H23N3O3S2/c1-4-14-28-24(30)21-20(17-8-6-5-7-9-17)15-32-23(21)27-25(28)33-16(2)22(29)26-18-10-12-19(31-3)13-11-18/h4-13,15-16H,1,14H2,2-3H3,(H,26,29). The highest BCUT2D eigenvalue weighted by molar-refractivity contribution is 8.00. The van der Waals surface area contributed by atoms with Crippen molar-refractivity contribution in [2.24, 2.45) is 0 Å². The van der Waals surface area contributed by atoms with E-state index in [4.69, 9.17) is 9.72 Å². The molecule has 1 N–H and O–H groups in total. The average Bonchev–Trinajstić information content (AvgIpc) is 3.26. The Hall–Kier alpha value is -3.36. The molecule has 4 rings (SSSR count). The van der Waals surface area contributed by atoms with E-state index in [0.717, 1.165) is 11.1 Å². The first-order valence-electron chi connectivity index (χ1n) is 10.3. The first-order chi connectivity index (χ1) is 16.0. The van der Waals surface area contributed by atoms with E-state index < -0.39 is 5.25 Å². The number of aromatic nitrogens is 2. The van der Waals surface area contributed by atoms with Crippen molar-refractivity contribution in [2.45, 2.75) is 23.9 Å². The number of benzene rings is 2. The van der Waals surface area contributed by atoms with Crippen LogP contribution < -0.4 is 15.6 Å². The van der Waals surface area contributed by atoms with Crippen molar-refractivity contribution in [1.29, 1.82) is 0 Å². The first-order valence-corrected chi connectivity index (χ1v) is 12.1. The van der Waals surface area contributed by atoms with E-state index in [0.29, 0.717) is 33.4 Å². The second-order valence-corrected chi connectivity index (χ2v) is 9.44. The fourth-order valence-corrected chi connectivity index (χ4v) is 5.25. The smallest absolute Gasteiger partial charge is 0.263 e. The van der Waals surface area contributed by atoms with Crippen LogP contribution in [0.1, 0.15) is 6.92 Å². The van der Waals surface area contributed by atoms with Crippen LogP contribution in [-0.2, 0) is 11.3 Å². The van der Waals surface area contributed by atoms with E-state index in [1.54, 1.807) is 48.9 Å². The van der Waals surface area contributed by atoms with Gasteiger partial charge in [-0.15, -0.1) is 17.9 Å². The minimum atomic E-state index is -0.471. The van der Waals surface area contributed by atoms with E-state index in [1.807, 2.05) is 35.7 Å². The van der Waals surface area contributed by atoms with E-state index in [-0.39, 0.29) is 11.5 Å². The Labute approximate surface area is 199 Å². The normalized spacial score (nSPS) is 11.8. The molecule has 33 heavy (non-hydrogen) atoms. The van der Waals surface area contributed by atoms with Crippen molar-refractivity contribution in [3.05, 3.63) is 83.0 Å². The summed E-state index contributed by atoms with van der Waals surface area (Å²) in [6.45, 7) is 5.89. The number of carbonyl (C=O) groups excluding carboxylic acids is 1. The number of carbonyl (C=O) groups is 1. The maximum absolute atomic E-state index is 13.5. The molecule has 2 heterocycles. The summed E-state index contributed by atoms with van der Waals surface area (Å²) in [5.41, 5.74) is 2.38. The summed E-state index contributed by atoms with van der Waals surface area (Å²) < 4.78 is 6.73. The van der Waals surface area contributed by atoms with E-state index in [1.165, 1.54) is 23.1 Å². The molecule has 4 aromatic rings. The lowest BCUT2D eigenvalue weighted by atomic mass is 10.1. The number of rotatable bonds is 8. The van der Waals surface area contributed by atoms with Gasteiger partial charge in [-0.3, -0.25) is 14.2 Å². The molecule has 0 spiro atoms. The SMILES string of the molecule is C=CCn1c(SC(C)C(=O)Nc2ccc(OC)cc2)nc2scc(-c3ccccc3)c2c1=O. The van der Waals surface area contributed by atoms with Crippen LogP contribution in [0.2, 0.25) is 0 Å². The molecule has 2 aromatic heterocycles. The quantitative estimate of drug-likeness (QED) is 0.208. The molecule has 0 aliphatic heterocycles. The van der Waals surface area contributed by atoms with Crippen LogP contribution in [0.5, 0.6) is 5.75 Å². The lowest BCUT2D eigenvalue weighted by molar-refractivity contribution is -0.115. The molecule has 0 aliphatic rings. The molecule has 0 radical (unpaired) electrons. The van der Waals surface area contributed by atoms with Crippen LogP contribution in [0.25, 0.3) is 21.3 Å². The molecule has 8 heteroatoms. The number of thiophene rings is 1. The molecule has 168 valence electrons. The number of nitrogens with one attached hydrogen (secondary N) is 1. The van der Waals surface area contributed by atoms with Gasteiger partial charge in [0.15, 0.2) is 5.16 Å². The highest BCUT2D eigenvalue weighted by atomic mass is 32.2. The van der Waals surface area contributed by atoms with Crippen molar-refractivity contribution in [1.82, 2.24) is 9.55 Å². The molecule has 1 atom stereocenters. The van der Waals surface area contributed by atoms with E-state index in [9.17, 15) is 9.59 Å². The number of methoxy groups -OCH3 is 1. The minimum Gasteiger partial charge on any atom is -0.497 e. The Kier molecular flexibility index (Phi) is 6.96. The Morgan fingerprint density at radius 3 is 2.64 bits per heavy atom. The monoisotopic (exact) mass is 477 g/mol. The van der Waals surface area contributed by atoms with Crippen LogP contribution in [0.3, 0.4) is 0 Å². The van der Waals surface area contributed by atoms with Gasteiger partial charge in [-0.2, -0.15) is 0 Å². The molecule has 0 saturated carbocycles. The summed E-state index contributed by atoms with van der Waals surface area (Å²) in [5.74, 6) is 0.535. The van der Waals surface area contributed by atoms with Crippen LogP contribution in [0.15, 0.2) is 82.6 Å². The highest BCUT2D eigenvalue weighted by Gasteiger charge is 2.21. The number of allylic oxidation sites excluding steroid dienone is 1. The molecule has 0 saturated heterocycles. The Bertz CT molecular complexity index is 1350. The van der Waals surface area contributed by atoms with Gasteiger partial charge in [0.1, 0.15) is 10.6 Å². The van der Waals surface area contributed by atoms with Crippen LogP contribution >= 0.6 is 23.1 Å². The molecular weight excluding hydrogens is 454 g/mol. The largest absolute Gasteiger partial charge is 0.497 e. The number of hydrogen-bond donors (Lipinski definition) is 1. The third-order valence-corrected chi connectivity index (χ3v) is 7.03. The van der Waals surface area contributed by atoms with Gasteiger partial charge in [-0.25, -0.2) is 4.98 Å². The zero-order valence-corrected chi connectivity index (χ0v) is 19.9. The van der Waals surface area contributed by atoms with Gasteiger partial charge in [0.25, 0.3) is 5.56 Å². The molecule has 6 nitrogen and oxygen atoms in total. The first kappa shape index (κ1) is 22.8. The number of ether oxygens (including phenoxy) is 1. The van der Waals surface area contributed by atoms with Gasteiger partial charge in [-0.1, -0.05) is 48.2 Å². The Morgan fingerprint density at radius 2 is 1.97 bits per heavy atom. The Balaban J connectivity index is 1.64. The average molecular weight is 478 g/mol. The Morgan fingerprint density at radius 1 is 1.24 bits per heavy atom. The zero-order chi connectivity index (χ0) is 23.4. The summed E-state index contributed by atoms with van der Waals surface area (Å²) in [7, 11) is 1.59. The van der Waals surface area contributed by atoms with Gasteiger partial charge in [0.05, 0.1) is 17.7 Å². The maximum atomic E-state index is 13.5. The number of hydrogen-bond acceptors (Lipinski definition) is 6. The molecule has 0 bridgehead atoms. The van der Waals surface area contributed by atoms with Gasteiger partial charge < -0.3 is 10.1 Å². The predicted molar refractivity (Wildman–Crippen MR) is 136 cm³/mol. The topological polar surface area (TPSA) is 73.2 Å². The van der Waals surface area contributed by atoms with Gasteiger partial charge in [0.2, 0.25) is 5.91 Å². The maximum Gasteiger partial charge on any atom is 0.263 e. The third-order valence-electron chi connectivity index (χ3n) is 5.06. The number of thioether (sulfide) groups is 1.